The smallest absolute Gasteiger partial charge is 0.326 e. The maximum atomic E-state index is 12.6. The topological polar surface area (TPSA) is 106 Å². The molecule has 28 heavy (non-hydrogen) atoms. The first-order valence-electron chi connectivity index (χ1n) is 8.68. The van der Waals surface area contributed by atoms with Crippen LogP contribution in [0.3, 0.4) is 0 Å². The van der Waals surface area contributed by atoms with Crippen LogP contribution in [0, 0.1) is 6.92 Å². The summed E-state index contributed by atoms with van der Waals surface area (Å²) in [6, 6.07) is 6.97. The number of benzene rings is 1. The summed E-state index contributed by atoms with van der Waals surface area (Å²) in [4.78, 5) is 27.7. The third-order valence-corrected chi connectivity index (χ3v) is 5.06. The van der Waals surface area contributed by atoms with Gasteiger partial charge in [0.1, 0.15) is 0 Å². The summed E-state index contributed by atoms with van der Waals surface area (Å²) < 4.78 is 7.07. The highest BCUT2D eigenvalue weighted by molar-refractivity contribution is 7.18. The van der Waals surface area contributed by atoms with Crippen molar-refractivity contribution < 1.29 is 9.21 Å². The zero-order chi connectivity index (χ0) is 20.1. The molecule has 0 atom stereocenters. The minimum Gasteiger partial charge on any atom is -0.461 e. The van der Waals surface area contributed by atoms with Crippen molar-refractivity contribution in [2.45, 2.75) is 33.2 Å². The van der Waals surface area contributed by atoms with E-state index in [4.69, 9.17) is 4.42 Å². The Morgan fingerprint density at radius 3 is 2.71 bits per heavy atom. The Hall–Kier alpha value is -3.20. The molecule has 0 saturated heterocycles. The Labute approximate surface area is 164 Å². The van der Waals surface area contributed by atoms with Crippen LogP contribution in [0.25, 0.3) is 21.8 Å². The molecule has 0 aliphatic carbocycles. The SMILES string of the molecule is Cc1coc(-c2nnc(NC(=O)c3ccc4c(c3)[nH]c(=O)n4C(C)(C)C)s2)c1. The van der Waals surface area contributed by atoms with E-state index < -0.39 is 0 Å². The average molecular weight is 397 g/mol. The minimum absolute atomic E-state index is 0.206. The number of imidazole rings is 1. The van der Waals surface area contributed by atoms with Crippen LogP contribution < -0.4 is 11.0 Å². The van der Waals surface area contributed by atoms with E-state index in [1.807, 2.05) is 33.8 Å². The van der Waals surface area contributed by atoms with Gasteiger partial charge >= 0.3 is 5.69 Å². The average Bonchev–Trinajstić information content (AvgIpc) is 3.30. The molecule has 0 aliphatic rings. The molecule has 2 N–H and O–H groups in total. The molecule has 3 heterocycles. The van der Waals surface area contributed by atoms with Crippen molar-refractivity contribution in [1.29, 1.82) is 0 Å². The molecule has 0 bridgehead atoms. The van der Waals surface area contributed by atoms with E-state index in [2.05, 4.69) is 20.5 Å². The first-order chi connectivity index (χ1) is 13.2. The van der Waals surface area contributed by atoms with Crippen LogP contribution in [-0.4, -0.2) is 25.7 Å². The standard InChI is InChI=1S/C19H19N5O3S/c1-10-7-14(27-9-10)16-22-23-17(28-16)21-15(25)11-5-6-13-12(8-11)20-18(26)24(13)19(2,3)4/h5-9H,1-4H3,(H,20,26)(H,21,23,25). The van der Waals surface area contributed by atoms with Crippen molar-refractivity contribution in [3.8, 4) is 10.8 Å². The number of nitrogens with one attached hydrogen (secondary N) is 2. The number of amides is 1. The second-order valence-electron chi connectivity index (χ2n) is 7.52. The van der Waals surface area contributed by atoms with Gasteiger partial charge in [-0.3, -0.25) is 14.7 Å². The van der Waals surface area contributed by atoms with E-state index in [9.17, 15) is 9.59 Å². The first kappa shape index (κ1) is 18.2. The predicted octanol–water partition coefficient (Wildman–Crippen LogP) is 3.76. The van der Waals surface area contributed by atoms with Crippen LogP contribution >= 0.6 is 11.3 Å². The van der Waals surface area contributed by atoms with Crippen molar-refractivity contribution in [3.05, 3.63) is 52.1 Å². The van der Waals surface area contributed by atoms with E-state index in [0.29, 0.717) is 27.0 Å². The third-order valence-electron chi connectivity index (χ3n) is 4.20. The number of H-pyrrole nitrogens is 1. The largest absolute Gasteiger partial charge is 0.461 e. The summed E-state index contributed by atoms with van der Waals surface area (Å²) in [7, 11) is 0. The van der Waals surface area contributed by atoms with Crippen LogP contribution in [0.4, 0.5) is 5.13 Å². The highest BCUT2D eigenvalue weighted by atomic mass is 32.1. The summed E-state index contributed by atoms with van der Waals surface area (Å²) >= 11 is 1.23. The molecule has 4 aromatic rings. The van der Waals surface area contributed by atoms with E-state index in [1.165, 1.54) is 11.3 Å². The number of carbonyl (C=O) groups is 1. The third kappa shape index (κ3) is 3.24. The molecule has 0 unspecified atom stereocenters. The van der Waals surface area contributed by atoms with Crippen molar-refractivity contribution in [1.82, 2.24) is 19.7 Å². The zero-order valence-electron chi connectivity index (χ0n) is 15.9. The van der Waals surface area contributed by atoms with Gasteiger partial charge in [-0.05, 0) is 57.5 Å². The van der Waals surface area contributed by atoms with Gasteiger partial charge in [-0.1, -0.05) is 11.3 Å². The number of anilines is 1. The molecule has 144 valence electrons. The van der Waals surface area contributed by atoms with Gasteiger partial charge in [-0.25, -0.2) is 4.79 Å². The van der Waals surface area contributed by atoms with E-state index >= 15 is 0 Å². The number of hydrogen-bond donors (Lipinski definition) is 2. The number of furan rings is 1. The lowest BCUT2D eigenvalue weighted by Gasteiger charge is -2.20. The highest BCUT2D eigenvalue weighted by Gasteiger charge is 2.20. The lowest BCUT2D eigenvalue weighted by Crippen LogP contribution is -2.31. The molecule has 8 nitrogen and oxygen atoms in total. The van der Waals surface area contributed by atoms with Crippen molar-refractivity contribution in [2.24, 2.45) is 0 Å². The molecule has 3 aromatic heterocycles. The van der Waals surface area contributed by atoms with Gasteiger partial charge in [0.15, 0.2) is 10.8 Å². The number of aromatic amines is 1. The molecule has 1 amide bonds. The molecule has 1 aromatic carbocycles. The number of carbonyl (C=O) groups excluding carboxylic acids is 1. The second-order valence-corrected chi connectivity index (χ2v) is 8.50. The predicted molar refractivity (Wildman–Crippen MR) is 108 cm³/mol. The molecular weight excluding hydrogens is 378 g/mol. The van der Waals surface area contributed by atoms with Gasteiger partial charge in [0.2, 0.25) is 5.13 Å². The molecule has 4 rings (SSSR count). The molecule has 0 fully saturated rings. The molecule has 0 spiro atoms. The van der Waals surface area contributed by atoms with Crippen LogP contribution in [0.1, 0.15) is 36.7 Å². The van der Waals surface area contributed by atoms with Crippen LogP contribution in [0.5, 0.6) is 0 Å². The molecule has 0 radical (unpaired) electrons. The maximum Gasteiger partial charge on any atom is 0.326 e. The zero-order valence-corrected chi connectivity index (χ0v) is 16.7. The van der Waals surface area contributed by atoms with Crippen molar-refractivity contribution in [3.63, 3.8) is 0 Å². The Bertz CT molecular complexity index is 1240. The lowest BCUT2D eigenvalue weighted by atomic mass is 10.1. The number of fused-ring (bicyclic) bond motifs is 1. The van der Waals surface area contributed by atoms with Gasteiger partial charge in [0.25, 0.3) is 5.91 Å². The van der Waals surface area contributed by atoms with Gasteiger partial charge in [0, 0.05) is 11.1 Å². The summed E-state index contributed by atoms with van der Waals surface area (Å²) in [6.07, 6.45) is 1.63. The molecule has 9 heteroatoms. The fraction of sp³-hybridized carbons (Fsp3) is 0.263. The Morgan fingerprint density at radius 1 is 1.25 bits per heavy atom. The number of nitrogens with zero attached hydrogens (tertiary/aromatic N) is 3. The molecule has 0 saturated carbocycles. The number of aryl methyl sites for hydroxylation is 1. The first-order valence-corrected chi connectivity index (χ1v) is 9.49. The van der Waals surface area contributed by atoms with Crippen molar-refractivity contribution in [2.75, 3.05) is 5.32 Å². The van der Waals surface area contributed by atoms with E-state index in [-0.39, 0.29) is 17.1 Å². The van der Waals surface area contributed by atoms with Gasteiger partial charge in [-0.15, -0.1) is 10.2 Å². The quantitative estimate of drug-likeness (QED) is 0.547. The van der Waals surface area contributed by atoms with Crippen LogP contribution in [0.15, 0.2) is 39.7 Å². The summed E-state index contributed by atoms with van der Waals surface area (Å²) in [5.41, 5.74) is 2.19. The fourth-order valence-corrected chi connectivity index (χ4v) is 3.70. The lowest BCUT2D eigenvalue weighted by molar-refractivity contribution is 0.102. The monoisotopic (exact) mass is 397 g/mol. The van der Waals surface area contributed by atoms with Crippen LogP contribution in [-0.2, 0) is 5.54 Å². The number of hydrogen-bond acceptors (Lipinski definition) is 6. The second kappa shape index (κ2) is 6.45. The fourth-order valence-electron chi connectivity index (χ4n) is 3.00. The molecule has 0 aliphatic heterocycles. The van der Waals surface area contributed by atoms with Gasteiger partial charge in [-0.2, -0.15) is 0 Å². The van der Waals surface area contributed by atoms with E-state index in [1.54, 1.807) is 29.0 Å². The minimum atomic E-state index is -0.369. The van der Waals surface area contributed by atoms with Gasteiger partial charge < -0.3 is 9.40 Å². The van der Waals surface area contributed by atoms with Crippen LogP contribution in [0.2, 0.25) is 0 Å². The number of aromatic nitrogens is 4. The summed E-state index contributed by atoms with van der Waals surface area (Å²) in [6.45, 7) is 7.78. The summed E-state index contributed by atoms with van der Waals surface area (Å²) in [5, 5.41) is 11.7. The van der Waals surface area contributed by atoms with E-state index in [0.717, 1.165) is 11.1 Å². The van der Waals surface area contributed by atoms with Gasteiger partial charge in [0.05, 0.1) is 17.3 Å². The Balaban J connectivity index is 1.59. The molecular formula is C19H19N5O3S. The summed E-state index contributed by atoms with van der Waals surface area (Å²) in [5.74, 6) is 0.280. The Kier molecular flexibility index (Phi) is 4.19. The highest BCUT2D eigenvalue weighted by Crippen LogP contribution is 2.28. The normalized spacial score (nSPS) is 11.9. The van der Waals surface area contributed by atoms with Crippen molar-refractivity contribution >= 4 is 33.4 Å². The maximum absolute atomic E-state index is 12.6. The Morgan fingerprint density at radius 2 is 2.04 bits per heavy atom. The number of rotatable bonds is 3.